The summed E-state index contributed by atoms with van der Waals surface area (Å²) in [5, 5.41) is 0.487. The lowest BCUT2D eigenvalue weighted by Gasteiger charge is -2.29. The number of benzene rings is 1. The molecule has 0 aliphatic carbocycles. The summed E-state index contributed by atoms with van der Waals surface area (Å²) in [4.78, 5) is 33.1. The second-order valence-corrected chi connectivity index (χ2v) is 7.24. The Morgan fingerprint density at radius 1 is 1.19 bits per heavy atom. The summed E-state index contributed by atoms with van der Waals surface area (Å²) in [6, 6.07) is 13.0. The van der Waals surface area contributed by atoms with Gasteiger partial charge in [-0.05, 0) is 17.7 Å². The molecule has 2 aromatic rings. The molecular formula is C20H20ClN3O3. The first-order valence-electron chi connectivity index (χ1n) is 8.97. The van der Waals surface area contributed by atoms with Crippen LogP contribution >= 0.6 is 11.6 Å². The average Bonchev–Trinajstić information content (AvgIpc) is 3.05. The number of ether oxygens (including phenoxy) is 1. The van der Waals surface area contributed by atoms with Crippen LogP contribution in [0.4, 0.5) is 0 Å². The van der Waals surface area contributed by atoms with Gasteiger partial charge in [0.2, 0.25) is 5.91 Å². The van der Waals surface area contributed by atoms with Crippen molar-refractivity contribution >= 4 is 23.4 Å². The third-order valence-corrected chi connectivity index (χ3v) is 5.26. The van der Waals surface area contributed by atoms with Gasteiger partial charge < -0.3 is 14.5 Å². The minimum atomic E-state index is -0.184. The molecule has 1 aromatic heterocycles. The average molecular weight is 386 g/mol. The van der Waals surface area contributed by atoms with Crippen molar-refractivity contribution in [2.24, 2.45) is 0 Å². The number of rotatable bonds is 3. The molecule has 6 nitrogen and oxygen atoms in total. The second kappa shape index (κ2) is 7.66. The molecule has 2 amide bonds. The van der Waals surface area contributed by atoms with Crippen LogP contribution in [-0.2, 0) is 16.1 Å². The maximum absolute atomic E-state index is 12.8. The van der Waals surface area contributed by atoms with E-state index >= 15 is 0 Å². The summed E-state index contributed by atoms with van der Waals surface area (Å²) in [5.41, 5.74) is 1.41. The Bertz CT molecular complexity index is 828. The number of likely N-dealkylation sites (tertiary alicyclic amines) is 1. The standard InChI is InChI=1S/C20H20ClN3O3/c21-15-6-7-16(22-10-15)20(26)23-12-17-18(13-23)27-9-8-19(25)24(17)11-14-4-2-1-3-5-14/h1-7,10,17-18H,8-9,11-13H2/t17-,18-/m0/s1. The topological polar surface area (TPSA) is 62.7 Å². The molecule has 0 radical (unpaired) electrons. The van der Waals surface area contributed by atoms with Crippen LogP contribution in [0.2, 0.25) is 5.02 Å². The van der Waals surface area contributed by atoms with Crippen molar-refractivity contribution in [3.8, 4) is 0 Å². The van der Waals surface area contributed by atoms with Crippen molar-refractivity contribution in [1.82, 2.24) is 14.8 Å². The van der Waals surface area contributed by atoms with Gasteiger partial charge in [-0.2, -0.15) is 0 Å². The van der Waals surface area contributed by atoms with Gasteiger partial charge in [0.1, 0.15) is 5.69 Å². The summed E-state index contributed by atoms with van der Waals surface area (Å²) in [6.45, 7) is 1.79. The van der Waals surface area contributed by atoms with E-state index < -0.39 is 0 Å². The smallest absolute Gasteiger partial charge is 0.272 e. The van der Waals surface area contributed by atoms with Crippen molar-refractivity contribution < 1.29 is 14.3 Å². The fourth-order valence-corrected chi connectivity index (χ4v) is 3.77. The van der Waals surface area contributed by atoms with Gasteiger partial charge in [-0.15, -0.1) is 0 Å². The van der Waals surface area contributed by atoms with Crippen LogP contribution in [-0.4, -0.2) is 58.4 Å². The molecule has 2 atom stereocenters. The zero-order valence-corrected chi connectivity index (χ0v) is 15.5. The van der Waals surface area contributed by atoms with Crippen molar-refractivity contribution in [3.63, 3.8) is 0 Å². The molecular weight excluding hydrogens is 366 g/mol. The third kappa shape index (κ3) is 3.82. The van der Waals surface area contributed by atoms with Crippen LogP contribution < -0.4 is 0 Å². The highest BCUT2D eigenvalue weighted by atomic mass is 35.5. The molecule has 27 heavy (non-hydrogen) atoms. The Morgan fingerprint density at radius 2 is 2.00 bits per heavy atom. The van der Waals surface area contributed by atoms with Gasteiger partial charge in [0.25, 0.3) is 5.91 Å². The lowest BCUT2D eigenvalue weighted by atomic mass is 10.1. The number of aromatic nitrogens is 1. The van der Waals surface area contributed by atoms with E-state index in [4.69, 9.17) is 16.3 Å². The number of nitrogens with zero attached hydrogens (tertiary/aromatic N) is 3. The Balaban J connectivity index is 1.54. The third-order valence-electron chi connectivity index (χ3n) is 5.03. The molecule has 2 aliphatic rings. The number of hydrogen-bond donors (Lipinski definition) is 0. The Kier molecular flexibility index (Phi) is 5.09. The van der Waals surface area contributed by atoms with E-state index in [1.54, 1.807) is 17.0 Å². The fourth-order valence-electron chi connectivity index (χ4n) is 3.66. The Labute approximate surface area is 162 Å². The van der Waals surface area contributed by atoms with Gasteiger partial charge in [-0.25, -0.2) is 4.98 Å². The molecule has 3 heterocycles. The number of pyridine rings is 1. The highest BCUT2D eigenvalue weighted by molar-refractivity contribution is 6.30. The van der Waals surface area contributed by atoms with E-state index in [0.29, 0.717) is 43.4 Å². The Morgan fingerprint density at radius 3 is 2.74 bits per heavy atom. The molecule has 0 spiro atoms. The molecule has 2 saturated heterocycles. The molecule has 140 valence electrons. The monoisotopic (exact) mass is 385 g/mol. The molecule has 0 saturated carbocycles. The largest absolute Gasteiger partial charge is 0.374 e. The first-order chi connectivity index (χ1) is 13.1. The fraction of sp³-hybridized carbons (Fsp3) is 0.350. The van der Waals surface area contributed by atoms with Crippen LogP contribution in [0, 0.1) is 0 Å². The number of amides is 2. The number of carbonyl (C=O) groups excluding carboxylic acids is 2. The summed E-state index contributed by atoms with van der Waals surface area (Å²) in [7, 11) is 0. The maximum Gasteiger partial charge on any atom is 0.272 e. The predicted octanol–water partition coefficient (Wildman–Crippen LogP) is 2.38. The first-order valence-corrected chi connectivity index (χ1v) is 9.35. The van der Waals surface area contributed by atoms with Gasteiger partial charge in [-0.3, -0.25) is 9.59 Å². The van der Waals surface area contributed by atoms with Crippen LogP contribution in [0.15, 0.2) is 48.7 Å². The van der Waals surface area contributed by atoms with Crippen LogP contribution in [0.25, 0.3) is 0 Å². The normalized spacial score (nSPS) is 22.5. The molecule has 7 heteroatoms. The molecule has 0 unspecified atom stereocenters. The summed E-state index contributed by atoms with van der Waals surface area (Å²) in [6.07, 6.45) is 1.65. The quantitative estimate of drug-likeness (QED) is 0.813. The zero-order chi connectivity index (χ0) is 18.8. The van der Waals surface area contributed by atoms with Gasteiger partial charge in [0.05, 0.1) is 30.2 Å². The summed E-state index contributed by atoms with van der Waals surface area (Å²) >= 11 is 5.85. The van der Waals surface area contributed by atoms with Gasteiger partial charge in [-0.1, -0.05) is 41.9 Å². The molecule has 0 bridgehead atoms. The van der Waals surface area contributed by atoms with Gasteiger partial charge in [0, 0.05) is 25.8 Å². The summed E-state index contributed by atoms with van der Waals surface area (Å²) < 4.78 is 5.90. The minimum Gasteiger partial charge on any atom is -0.374 e. The van der Waals surface area contributed by atoms with E-state index in [1.165, 1.54) is 6.20 Å². The lowest BCUT2D eigenvalue weighted by molar-refractivity contribution is -0.133. The Hall–Kier alpha value is -2.44. The SMILES string of the molecule is O=C(c1ccc(Cl)cn1)N1C[C@@H]2OCCC(=O)N(Cc3ccccc3)[C@H]2C1. The van der Waals surface area contributed by atoms with E-state index in [-0.39, 0.29) is 24.0 Å². The number of carbonyl (C=O) groups is 2. The predicted molar refractivity (Wildman–Crippen MR) is 100 cm³/mol. The number of halogens is 1. The molecule has 1 aromatic carbocycles. The molecule has 2 aliphatic heterocycles. The second-order valence-electron chi connectivity index (χ2n) is 6.81. The van der Waals surface area contributed by atoms with Crippen molar-refractivity contribution in [3.05, 3.63) is 64.9 Å². The molecule has 4 rings (SSSR count). The van der Waals surface area contributed by atoms with Crippen molar-refractivity contribution in [1.29, 1.82) is 0 Å². The number of hydrogen-bond acceptors (Lipinski definition) is 4. The minimum absolute atomic E-state index is 0.0604. The van der Waals surface area contributed by atoms with E-state index in [2.05, 4.69) is 4.98 Å². The van der Waals surface area contributed by atoms with Crippen LogP contribution in [0.1, 0.15) is 22.5 Å². The summed E-state index contributed by atoms with van der Waals surface area (Å²) in [5.74, 6) is -0.110. The van der Waals surface area contributed by atoms with Crippen LogP contribution in [0.3, 0.4) is 0 Å². The first kappa shape index (κ1) is 17.9. The number of fused-ring (bicyclic) bond motifs is 1. The van der Waals surface area contributed by atoms with E-state index in [0.717, 1.165) is 5.56 Å². The molecule has 2 fully saturated rings. The highest BCUT2D eigenvalue weighted by Crippen LogP contribution is 2.26. The van der Waals surface area contributed by atoms with Gasteiger partial charge in [0.15, 0.2) is 0 Å². The lowest BCUT2D eigenvalue weighted by Crippen LogP contribution is -2.45. The van der Waals surface area contributed by atoms with Crippen molar-refractivity contribution in [2.75, 3.05) is 19.7 Å². The molecule has 0 N–H and O–H groups in total. The van der Waals surface area contributed by atoms with Crippen molar-refractivity contribution in [2.45, 2.75) is 25.1 Å². The van der Waals surface area contributed by atoms with Crippen LogP contribution in [0.5, 0.6) is 0 Å². The van der Waals surface area contributed by atoms with E-state index in [9.17, 15) is 9.59 Å². The van der Waals surface area contributed by atoms with E-state index in [1.807, 2.05) is 35.2 Å². The zero-order valence-electron chi connectivity index (χ0n) is 14.8. The van der Waals surface area contributed by atoms with Gasteiger partial charge >= 0.3 is 0 Å². The maximum atomic E-state index is 12.8. The highest BCUT2D eigenvalue weighted by Gasteiger charge is 2.43.